The molecule has 0 radical (unpaired) electrons. The smallest absolute Gasteiger partial charge is 0.159 e. The van der Waals surface area contributed by atoms with Crippen LogP contribution in [0, 0.1) is 11.6 Å². The van der Waals surface area contributed by atoms with Crippen LogP contribution in [0.1, 0.15) is 24.4 Å². The molecule has 2 fully saturated rings. The first-order valence-corrected chi connectivity index (χ1v) is 6.71. The highest BCUT2D eigenvalue weighted by molar-refractivity contribution is 5.22. The summed E-state index contributed by atoms with van der Waals surface area (Å²) < 4.78 is 32.0. The molecule has 104 valence electrons. The number of rotatable bonds is 2. The van der Waals surface area contributed by atoms with E-state index >= 15 is 0 Å². The monoisotopic (exact) mass is 268 g/mol. The van der Waals surface area contributed by atoms with Gasteiger partial charge in [-0.05, 0) is 37.1 Å². The first kappa shape index (κ1) is 13.0. The minimum absolute atomic E-state index is 0.154. The Morgan fingerprint density at radius 1 is 1.32 bits per heavy atom. The van der Waals surface area contributed by atoms with Gasteiger partial charge in [0.05, 0.1) is 18.8 Å². The molecule has 3 unspecified atom stereocenters. The molecule has 1 aromatic carbocycles. The second kappa shape index (κ2) is 5.15. The fraction of sp³-hybridized carbons (Fsp3) is 0.571. The molecule has 0 spiro atoms. The summed E-state index contributed by atoms with van der Waals surface area (Å²) in [6.45, 7) is 2.53. The summed E-state index contributed by atoms with van der Waals surface area (Å²) in [5, 5.41) is 0. The molecule has 0 saturated carbocycles. The Kier molecular flexibility index (Phi) is 3.52. The second-order valence-electron chi connectivity index (χ2n) is 5.36. The van der Waals surface area contributed by atoms with Gasteiger partial charge in [0.2, 0.25) is 0 Å². The average Bonchev–Trinajstić information content (AvgIpc) is 2.88. The van der Waals surface area contributed by atoms with E-state index in [1.807, 2.05) is 0 Å². The maximum absolute atomic E-state index is 13.2. The fourth-order valence-corrected chi connectivity index (χ4v) is 2.99. The molecular weight excluding hydrogens is 250 g/mol. The molecule has 0 bridgehead atoms. The Morgan fingerprint density at radius 3 is 2.95 bits per heavy atom. The summed E-state index contributed by atoms with van der Waals surface area (Å²) >= 11 is 0. The van der Waals surface area contributed by atoms with Crippen LogP contribution >= 0.6 is 0 Å². The Hall–Kier alpha value is -1.04. The van der Waals surface area contributed by atoms with Crippen LogP contribution in [0.3, 0.4) is 0 Å². The van der Waals surface area contributed by atoms with E-state index in [0.717, 1.165) is 19.2 Å². The molecule has 19 heavy (non-hydrogen) atoms. The van der Waals surface area contributed by atoms with Gasteiger partial charge in [-0.25, -0.2) is 8.78 Å². The Labute approximate surface area is 111 Å². The summed E-state index contributed by atoms with van der Waals surface area (Å²) in [7, 11) is 0. The normalized spacial score (nSPS) is 29.2. The summed E-state index contributed by atoms with van der Waals surface area (Å²) in [5.74, 6) is -1.71. The van der Waals surface area contributed by atoms with E-state index in [4.69, 9.17) is 10.5 Å². The van der Waals surface area contributed by atoms with E-state index in [9.17, 15) is 8.78 Å². The first-order valence-electron chi connectivity index (χ1n) is 6.71. The lowest BCUT2D eigenvalue weighted by Crippen LogP contribution is -2.49. The van der Waals surface area contributed by atoms with Gasteiger partial charge in [-0.2, -0.15) is 0 Å². The number of hydrogen-bond acceptors (Lipinski definition) is 3. The Morgan fingerprint density at radius 2 is 2.16 bits per heavy atom. The van der Waals surface area contributed by atoms with Crippen molar-refractivity contribution in [2.75, 3.05) is 19.7 Å². The molecule has 1 aromatic rings. The molecule has 3 rings (SSSR count). The van der Waals surface area contributed by atoms with Crippen molar-refractivity contribution in [1.82, 2.24) is 4.90 Å². The summed E-state index contributed by atoms with van der Waals surface area (Å²) in [5.41, 5.74) is 6.72. The molecule has 0 aliphatic carbocycles. The van der Waals surface area contributed by atoms with Crippen molar-refractivity contribution in [3.63, 3.8) is 0 Å². The summed E-state index contributed by atoms with van der Waals surface area (Å²) in [6, 6.07) is 3.90. The van der Waals surface area contributed by atoms with Crippen LogP contribution in [0.25, 0.3) is 0 Å². The third-order valence-corrected chi connectivity index (χ3v) is 4.15. The van der Waals surface area contributed by atoms with Crippen LogP contribution in [-0.2, 0) is 4.74 Å². The van der Waals surface area contributed by atoms with Crippen LogP contribution in [0.5, 0.6) is 0 Å². The molecule has 2 aliphatic heterocycles. The van der Waals surface area contributed by atoms with E-state index in [-0.39, 0.29) is 6.10 Å². The van der Waals surface area contributed by atoms with Crippen molar-refractivity contribution in [2.45, 2.75) is 31.0 Å². The second-order valence-corrected chi connectivity index (χ2v) is 5.36. The fourth-order valence-electron chi connectivity index (χ4n) is 2.99. The zero-order valence-corrected chi connectivity index (χ0v) is 10.7. The van der Waals surface area contributed by atoms with Crippen molar-refractivity contribution < 1.29 is 13.5 Å². The molecule has 2 aliphatic rings. The van der Waals surface area contributed by atoms with Gasteiger partial charge in [-0.1, -0.05) is 6.07 Å². The van der Waals surface area contributed by atoms with Crippen LogP contribution in [0.2, 0.25) is 0 Å². The summed E-state index contributed by atoms with van der Waals surface area (Å²) in [4.78, 5) is 2.38. The minimum Gasteiger partial charge on any atom is -0.373 e. The zero-order valence-electron chi connectivity index (χ0n) is 10.7. The lowest BCUT2D eigenvalue weighted by Gasteiger charge is -2.37. The first-order chi connectivity index (χ1) is 9.15. The number of halogens is 2. The Bertz CT molecular complexity index is 469. The number of morpholine rings is 1. The highest BCUT2D eigenvalue weighted by atomic mass is 19.2. The third-order valence-electron chi connectivity index (χ3n) is 4.15. The number of fused-ring (bicyclic) bond motifs is 1. The quantitative estimate of drug-likeness (QED) is 0.889. The van der Waals surface area contributed by atoms with Gasteiger partial charge < -0.3 is 10.5 Å². The SMILES string of the molecule is NC(c1ccc(F)c(F)c1)C1CN2CCCC2CO1. The number of nitrogens with zero attached hydrogens (tertiary/aromatic N) is 1. The van der Waals surface area contributed by atoms with Gasteiger partial charge in [0, 0.05) is 12.6 Å². The van der Waals surface area contributed by atoms with Crippen LogP contribution in [-0.4, -0.2) is 36.7 Å². The van der Waals surface area contributed by atoms with Gasteiger partial charge in [-0.15, -0.1) is 0 Å². The maximum atomic E-state index is 13.2. The largest absolute Gasteiger partial charge is 0.373 e. The molecule has 0 aromatic heterocycles. The third kappa shape index (κ3) is 2.50. The van der Waals surface area contributed by atoms with E-state index in [0.29, 0.717) is 18.2 Å². The van der Waals surface area contributed by atoms with E-state index < -0.39 is 17.7 Å². The summed E-state index contributed by atoms with van der Waals surface area (Å²) in [6.07, 6.45) is 2.22. The number of ether oxygens (including phenoxy) is 1. The van der Waals surface area contributed by atoms with Crippen LogP contribution in [0.4, 0.5) is 8.78 Å². The van der Waals surface area contributed by atoms with Gasteiger partial charge in [-0.3, -0.25) is 4.90 Å². The van der Waals surface area contributed by atoms with Crippen LogP contribution in [0.15, 0.2) is 18.2 Å². The van der Waals surface area contributed by atoms with E-state index in [2.05, 4.69) is 4.90 Å². The van der Waals surface area contributed by atoms with Gasteiger partial charge in [0.25, 0.3) is 0 Å². The molecule has 2 N–H and O–H groups in total. The average molecular weight is 268 g/mol. The van der Waals surface area contributed by atoms with Gasteiger partial charge in [0.1, 0.15) is 0 Å². The lowest BCUT2D eigenvalue weighted by atomic mass is 10.00. The van der Waals surface area contributed by atoms with Gasteiger partial charge >= 0.3 is 0 Å². The Balaban J connectivity index is 1.72. The van der Waals surface area contributed by atoms with Crippen molar-refractivity contribution in [1.29, 1.82) is 0 Å². The van der Waals surface area contributed by atoms with E-state index in [1.165, 1.54) is 25.0 Å². The molecular formula is C14H18F2N2O. The molecule has 3 atom stereocenters. The molecule has 0 amide bonds. The molecule has 2 heterocycles. The van der Waals surface area contributed by atoms with Gasteiger partial charge in [0.15, 0.2) is 11.6 Å². The number of nitrogens with two attached hydrogens (primary N) is 1. The van der Waals surface area contributed by atoms with Crippen molar-refractivity contribution in [3.8, 4) is 0 Å². The lowest BCUT2D eigenvalue weighted by molar-refractivity contribution is -0.0597. The predicted molar refractivity (Wildman–Crippen MR) is 67.6 cm³/mol. The maximum Gasteiger partial charge on any atom is 0.159 e. The highest BCUT2D eigenvalue weighted by Crippen LogP contribution is 2.28. The standard InChI is InChI=1S/C14H18F2N2O/c15-11-4-3-9(6-12(11)16)14(17)13-7-18-5-1-2-10(18)8-19-13/h3-4,6,10,13-14H,1-2,5,7-8,17H2. The zero-order chi connectivity index (χ0) is 13.4. The van der Waals surface area contributed by atoms with Crippen molar-refractivity contribution in [3.05, 3.63) is 35.4 Å². The van der Waals surface area contributed by atoms with Crippen molar-refractivity contribution >= 4 is 0 Å². The van der Waals surface area contributed by atoms with E-state index in [1.54, 1.807) is 0 Å². The minimum atomic E-state index is -0.859. The number of benzene rings is 1. The van der Waals surface area contributed by atoms with Crippen molar-refractivity contribution in [2.24, 2.45) is 5.73 Å². The molecule has 3 nitrogen and oxygen atoms in total. The molecule has 2 saturated heterocycles. The van der Waals surface area contributed by atoms with Crippen LogP contribution < -0.4 is 5.73 Å². The predicted octanol–water partition coefficient (Wildman–Crippen LogP) is 1.83. The number of hydrogen-bond donors (Lipinski definition) is 1. The molecule has 5 heteroatoms. The topological polar surface area (TPSA) is 38.5 Å². The highest BCUT2D eigenvalue weighted by Gasteiger charge is 2.35.